The predicted octanol–water partition coefficient (Wildman–Crippen LogP) is 20.3. The SMILES string of the molecule is CCCCCCCCCCCCCCCCCCCCCC(=O)O[C@H](COC(=O)CCCCCCCCCCCCCC)COP(=O)(O)OC[C@@H](O)COP(=O)(O)OC[C@@H](COC(=O)CCCCCCCCC)OC(=O)CCCCCCCCCCCCC. The maximum Gasteiger partial charge on any atom is 0.472 e. The first kappa shape index (κ1) is 87.1. The highest BCUT2D eigenvalue weighted by Crippen LogP contribution is 2.45. The number of phosphoric ester groups is 2. The lowest BCUT2D eigenvalue weighted by atomic mass is 10.0. The van der Waals surface area contributed by atoms with Gasteiger partial charge in [-0.3, -0.25) is 37.3 Å². The maximum atomic E-state index is 13.0. The van der Waals surface area contributed by atoms with Gasteiger partial charge in [0.1, 0.15) is 19.3 Å². The standard InChI is InChI=1S/C70H136O17P2/c1-5-9-13-17-21-24-27-29-30-31-32-33-34-35-38-41-45-49-53-57-70(75)87-66(61-81-68(73)55-51-47-43-39-37-28-25-22-18-14-10-6-2)63-85-89(78,79)83-59-64(71)58-82-88(76,77)84-62-65(60-80-67(72)54-50-46-42-20-16-12-8-4)86-69(74)56-52-48-44-40-36-26-23-19-15-11-7-3/h64-66,71H,5-63H2,1-4H3,(H,76,77)(H,78,79)/t64-,65+,66+/m0/s1. The number of phosphoric acid groups is 2. The molecule has 0 saturated carbocycles. The van der Waals surface area contributed by atoms with Crippen molar-refractivity contribution < 1.29 is 80.2 Å². The number of carbonyl (C=O) groups excluding carboxylic acids is 4. The van der Waals surface area contributed by atoms with Gasteiger partial charge < -0.3 is 33.8 Å². The highest BCUT2D eigenvalue weighted by atomic mass is 31.2. The third kappa shape index (κ3) is 64.6. The van der Waals surface area contributed by atoms with Crippen LogP contribution in [0.2, 0.25) is 0 Å². The van der Waals surface area contributed by atoms with E-state index in [0.717, 1.165) is 103 Å². The molecule has 0 bridgehead atoms. The van der Waals surface area contributed by atoms with Crippen molar-refractivity contribution in [2.75, 3.05) is 39.6 Å². The Morgan fingerprint density at radius 3 is 0.663 bits per heavy atom. The van der Waals surface area contributed by atoms with Crippen LogP contribution < -0.4 is 0 Å². The van der Waals surface area contributed by atoms with Gasteiger partial charge in [-0.25, -0.2) is 9.13 Å². The van der Waals surface area contributed by atoms with E-state index in [0.29, 0.717) is 25.7 Å². The number of carbonyl (C=O) groups is 4. The lowest BCUT2D eigenvalue weighted by Gasteiger charge is -2.21. The molecule has 0 aliphatic carbocycles. The van der Waals surface area contributed by atoms with Crippen molar-refractivity contribution in [2.45, 2.75) is 386 Å². The second-order valence-corrected chi connectivity index (χ2v) is 28.2. The maximum absolute atomic E-state index is 13.0. The molecule has 3 N–H and O–H groups in total. The van der Waals surface area contributed by atoms with Gasteiger partial charge in [-0.2, -0.15) is 0 Å². The molecule has 0 heterocycles. The summed E-state index contributed by atoms with van der Waals surface area (Å²) in [6.07, 6.45) is 52.8. The number of rotatable bonds is 71. The second-order valence-electron chi connectivity index (χ2n) is 25.3. The Kier molecular flexibility index (Phi) is 63.3. The van der Waals surface area contributed by atoms with E-state index in [-0.39, 0.29) is 25.7 Å². The molecule has 0 aliphatic heterocycles. The summed E-state index contributed by atoms with van der Waals surface area (Å²) in [6.45, 7) is 4.90. The van der Waals surface area contributed by atoms with Crippen LogP contribution in [0.15, 0.2) is 0 Å². The first-order chi connectivity index (χ1) is 43.2. The number of aliphatic hydroxyl groups excluding tert-OH is 1. The molecule has 0 aliphatic rings. The molecule has 0 fully saturated rings. The minimum absolute atomic E-state index is 0.107. The smallest absolute Gasteiger partial charge is 0.462 e. The topological polar surface area (TPSA) is 237 Å². The molecule has 5 atom stereocenters. The van der Waals surface area contributed by atoms with Gasteiger partial charge in [0.05, 0.1) is 26.4 Å². The summed E-state index contributed by atoms with van der Waals surface area (Å²) >= 11 is 0. The van der Waals surface area contributed by atoms with Gasteiger partial charge >= 0.3 is 39.5 Å². The number of ether oxygens (including phenoxy) is 4. The summed E-state index contributed by atoms with van der Waals surface area (Å²) in [4.78, 5) is 72.4. The Morgan fingerprint density at radius 1 is 0.270 bits per heavy atom. The summed E-state index contributed by atoms with van der Waals surface area (Å²) in [6, 6.07) is 0. The first-order valence-corrected chi connectivity index (χ1v) is 39.8. The molecule has 0 aromatic carbocycles. The molecule has 528 valence electrons. The third-order valence-corrected chi connectivity index (χ3v) is 18.3. The number of unbranched alkanes of at least 4 members (excludes halogenated alkanes) is 45. The van der Waals surface area contributed by atoms with E-state index in [4.69, 9.17) is 37.0 Å². The fourth-order valence-corrected chi connectivity index (χ4v) is 12.3. The number of hydrogen-bond acceptors (Lipinski definition) is 15. The number of hydrogen-bond donors (Lipinski definition) is 3. The first-order valence-electron chi connectivity index (χ1n) is 36.8. The van der Waals surface area contributed by atoms with E-state index in [1.807, 2.05) is 0 Å². The van der Waals surface area contributed by atoms with Gasteiger partial charge in [0.15, 0.2) is 12.2 Å². The van der Waals surface area contributed by atoms with E-state index >= 15 is 0 Å². The molecule has 0 aromatic rings. The average molecular weight is 1310 g/mol. The molecule has 2 unspecified atom stereocenters. The third-order valence-electron chi connectivity index (χ3n) is 16.4. The van der Waals surface area contributed by atoms with E-state index in [1.165, 1.54) is 186 Å². The largest absolute Gasteiger partial charge is 0.472 e. The van der Waals surface area contributed by atoms with Crippen molar-refractivity contribution >= 4 is 39.5 Å². The molecule has 89 heavy (non-hydrogen) atoms. The lowest BCUT2D eigenvalue weighted by Crippen LogP contribution is -2.30. The van der Waals surface area contributed by atoms with Crippen LogP contribution in [0, 0.1) is 0 Å². The van der Waals surface area contributed by atoms with Crippen molar-refractivity contribution in [3.05, 3.63) is 0 Å². The second kappa shape index (κ2) is 64.8. The highest BCUT2D eigenvalue weighted by Gasteiger charge is 2.30. The zero-order valence-corrected chi connectivity index (χ0v) is 59.2. The number of aliphatic hydroxyl groups is 1. The van der Waals surface area contributed by atoms with E-state index in [9.17, 15) is 43.2 Å². The summed E-state index contributed by atoms with van der Waals surface area (Å²) in [5.41, 5.74) is 0. The van der Waals surface area contributed by atoms with Gasteiger partial charge in [0.2, 0.25) is 0 Å². The van der Waals surface area contributed by atoms with Crippen molar-refractivity contribution in [3.8, 4) is 0 Å². The van der Waals surface area contributed by atoms with E-state index in [2.05, 4.69) is 27.7 Å². The molecule has 19 heteroatoms. The minimum Gasteiger partial charge on any atom is -0.462 e. The minimum atomic E-state index is -4.95. The van der Waals surface area contributed by atoms with Crippen LogP contribution in [0.25, 0.3) is 0 Å². The summed E-state index contributed by atoms with van der Waals surface area (Å²) in [5, 5.41) is 10.6. The molecule has 0 rings (SSSR count). The Labute approximate surface area is 543 Å². The van der Waals surface area contributed by atoms with Gasteiger partial charge in [0, 0.05) is 25.7 Å². The predicted molar refractivity (Wildman–Crippen MR) is 359 cm³/mol. The Bertz CT molecular complexity index is 1710. The molecule has 0 radical (unpaired) electrons. The zero-order chi connectivity index (χ0) is 65.4. The Morgan fingerprint density at radius 2 is 0.449 bits per heavy atom. The van der Waals surface area contributed by atoms with Crippen molar-refractivity contribution in [3.63, 3.8) is 0 Å². The van der Waals surface area contributed by atoms with E-state index in [1.54, 1.807) is 0 Å². The number of esters is 4. The zero-order valence-electron chi connectivity index (χ0n) is 57.4. The molecular formula is C70H136O17P2. The van der Waals surface area contributed by atoms with E-state index < -0.39 is 97.5 Å². The van der Waals surface area contributed by atoms with Crippen LogP contribution in [0.3, 0.4) is 0 Å². The summed E-state index contributed by atoms with van der Waals surface area (Å²) in [7, 11) is -9.89. The summed E-state index contributed by atoms with van der Waals surface area (Å²) < 4.78 is 68.2. The quantitative estimate of drug-likeness (QED) is 0.0222. The van der Waals surface area contributed by atoms with Gasteiger partial charge in [0.25, 0.3) is 0 Å². The summed E-state index contributed by atoms with van der Waals surface area (Å²) in [5.74, 6) is -2.12. The van der Waals surface area contributed by atoms with Gasteiger partial charge in [-0.1, -0.05) is 317 Å². The van der Waals surface area contributed by atoms with Crippen LogP contribution in [0.4, 0.5) is 0 Å². The highest BCUT2D eigenvalue weighted by molar-refractivity contribution is 7.47. The van der Waals surface area contributed by atoms with Gasteiger partial charge in [-0.15, -0.1) is 0 Å². The Hall–Kier alpha value is -1.94. The monoisotopic (exact) mass is 1310 g/mol. The fraction of sp³-hybridized carbons (Fsp3) is 0.943. The normalized spacial score (nSPS) is 14.0. The van der Waals surface area contributed by atoms with Crippen molar-refractivity contribution in [1.29, 1.82) is 0 Å². The van der Waals surface area contributed by atoms with Crippen molar-refractivity contribution in [1.82, 2.24) is 0 Å². The molecule has 17 nitrogen and oxygen atoms in total. The molecule has 0 amide bonds. The fourth-order valence-electron chi connectivity index (χ4n) is 10.7. The van der Waals surface area contributed by atoms with Crippen LogP contribution in [0.1, 0.15) is 368 Å². The average Bonchev–Trinajstić information content (AvgIpc) is 3.73. The van der Waals surface area contributed by atoms with Gasteiger partial charge in [-0.05, 0) is 25.7 Å². The molecule has 0 saturated heterocycles. The van der Waals surface area contributed by atoms with Crippen LogP contribution >= 0.6 is 15.6 Å². The van der Waals surface area contributed by atoms with Crippen molar-refractivity contribution in [2.24, 2.45) is 0 Å². The molecular weight excluding hydrogens is 1170 g/mol. The molecule has 0 spiro atoms. The Balaban J connectivity index is 5.16. The van der Waals surface area contributed by atoms with Crippen LogP contribution in [0.5, 0.6) is 0 Å². The van der Waals surface area contributed by atoms with Crippen LogP contribution in [-0.2, 0) is 65.4 Å². The molecule has 0 aromatic heterocycles. The lowest BCUT2D eigenvalue weighted by molar-refractivity contribution is -0.161. The van der Waals surface area contributed by atoms with Crippen LogP contribution in [-0.4, -0.2) is 96.7 Å².